The van der Waals surface area contributed by atoms with Gasteiger partial charge in [0.15, 0.2) is 10.8 Å². The molecule has 4 aliphatic carbocycles. The lowest BCUT2D eigenvalue weighted by Crippen LogP contribution is -2.64. The number of carboxylic acid groups (broad SMARTS) is 1. The normalized spacial score (nSPS) is 21.7. The highest BCUT2D eigenvalue weighted by Gasteiger charge is 2.66. The molecule has 7 aromatic rings. The maximum Gasteiger partial charge on any atom is 0.409 e. The molecule has 5 aliphatic rings. The number of aromatic amines is 1. The van der Waals surface area contributed by atoms with E-state index in [1.165, 1.54) is 16.2 Å². The molecule has 20 nitrogen and oxygen atoms in total. The summed E-state index contributed by atoms with van der Waals surface area (Å²) in [4.78, 5) is 103. The number of likely N-dealkylation sites (N-methyl/N-ethyl adjacent to an activating group) is 1. The number of hydrogen-bond acceptors (Lipinski definition) is 13. The zero-order valence-electron chi connectivity index (χ0n) is 45.4. The Morgan fingerprint density at radius 2 is 1.64 bits per heavy atom. The highest BCUT2D eigenvalue weighted by molar-refractivity contribution is 7.22. The number of rotatable bonds is 20. The molecule has 5 N–H and O–H groups in total. The lowest BCUT2D eigenvalue weighted by atomic mass is 9.39. The summed E-state index contributed by atoms with van der Waals surface area (Å²) in [5.74, 6) is -3.20. The zero-order valence-corrected chi connectivity index (χ0v) is 46.2. The molecule has 21 heteroatoms. The molecule has 1 radical (unpaired) electrons. The number of H-pyrrole nitrogens is 1. The number of nitrogens with zero attached hydrogens (tertiary/aromatic N) is 6. The van der Waals surface area contributed by atoms with Gasteiger partial charge in [-0.1, -0.05) is 61.6 Å². The number of aromatic nitrogens is 5. The Kier molecular flexibility index (Phi) is 14.4. The first-order valence-electron chi connectivity index (χ1n) is 26.9. The van der Waals surface area contributed by atoms with Crippen molar-refractivity contribution in [2.24, 2.45) is 16.2 Å². The zero-order chi connectivity index (χ0) is 56.8. The Labute approximate surface area is 470 Å². The van der Waals surface area contributed by atoms with Gasteiger partial charge in [-0.3, -0.25) is 38.9 Å². The molecular weight excluding hydrogens is 1050 g/mol. The van der Waals surface area contributed by atoms with E-state index < -0.39 is 35.4 Å². The van der Waals surface area contributed by atoms with E-state index in [4.69, 9.17) is 14.6 Å². The number of amides is 6. The summed E-state index contributed by atoms with van der Waals surface area (Å²) in [7, 11) is 1.67. The number of para-hydroxylation sites is 2. The fourth-order valence-electron chi connectivity index (χ4n) is 13.8. The van der Waals surface area contributed by atoms with Gasteiger partial charge in [-0.05, 0) is 110 Å². The van der Waals surface area contributed by atoms with Crippen molar-refractivity contribution in [2.45, 2.75) is 90.9 Å². The molecule has 6 amide bonds. The molecule has 3 aromatic carbocycles. The monoisotopic (exact) mass is 1110 g/mol. The van der Waals surface area contributed by atoms with Gasteiger partial charge in [0.2, 0.25) is 11.8 Å². The number of fused-ring (bicyclic) bond motifs is 2. The second-order valence-electron chi connectivity index (χ2n) is 23.0. The van der Waals surface area contributed by atoms with Crippen LogP contribution in [0.4, 0.5) is 15.6 Å². The van der Waals surface area contributed by atoms with Gasteiger partial charge in [0.1, 0.15) is 6.61 Å². The summed E-state index contributed by atoms with van der Waals surface area (Å²) in [5.41, 5.74) is 5.13. The first kappa shape index (κ1) is 54.4. The summed E-state index contributed by atoms with van der Waals surface area (Å²) < 4.78 is 15.6. The number of carboxylic acids is 1. The molecule has 2 atom stereocenters. The minimum atomic E-state index is -1.18. The van der Waals surface area contributed by atoms with Crippen molar-refractivity contribution in [2.75, 3.05) is 43.9 Å². The van der Waals surface area contributed by atoms with Crippen LogP contribution in [0.5, 0.6) is 0 Å². The molecule has 0 spiro atoms. The number of thiazole rings is 1. The Balaban J connectivity index is 0.694. The second kappa shape index (κ2) is 21.5. The Hall–Kier alpha value is -8.56. The molecule has 417 valence electrons. The molecule has 12 rings (SSSR count). The van der Waals surface area contributed by atoms with Gasteiger partial charge >= 0.3 is 12.1 Å². The molecule has 4 fully saturated rings. The van der Waals surface area contributed by atoms with Crippen LogP contribution in [0.2, 0.25) is 0 Å². The fourth-order valence-corrected chi connectivity index (χ4v) is 14.7. The number of imide groups is 1. The van der Waals surface area contributed by atoms with E-state index in [9.17, 15) is 38.7 Å². The van der Waals surface area contributed by atoms with Gasteiger partial charge in [0, 0.05) is 92.2 Å². The molecule has 4 saturated carbocycles. The van der Waals surface area contributed by atoms with Gasteiger partial charge in [0.25, 0.3) is 17.7 Å². The number of pyridine rings is 1. The van der Waals surface area contributed by atoms with Crippen molar-refractivity contribution in [1.82, 2.24) is 39.8 Å². The molecule has 4 aromatic heterocycles. The van der Waals surface area contributed by atoms with E-state index in [0.29, 0.717) is 69.7 Å². The summed E-state index contributed by atoms with van der Waals surface area (Å²) in [5, 5.41) is 25.1. The van der Waals surface area contributed by atoms with Crippen molar-refractivity contribution in [3.63, 3.8) is 0 Å². The second-order valence-corrected chi connectivity index (χ2v) is 24.0. The van der Waals surface area contributed by atoms with Crippen molar-refractivity contribution in [3.8, 4) is 22.5 Å². The molecule has 0 saturated heterocycles. The fraction of sp³-hybridized carbons (Fsp3) is 0.367. The van der Waals surface area contributed by atoms with Crippen LogP contribution < -0.4 is 16.0 Å². The third-order valence-electron chi connectivity index (χ3n) is 16.1. The van der Waals surface area contributed by atoms with E-state index in [2.05, 4.69) is 50.8 Å². The molecule has 81 heavy (non-hydrogen) atoms. The summed E-state index contributed by atoms with van der Waals surface area (Å²) in [6, 6.07) is 26.5. The van der Waals surface area contributed by atoms with Gasteiger partial charge < -0.3 is 35.1 Å². The number of carbonyl (C=O) groups is 7. The highest BCUT2D eigenvalue weighted by Crippen LogP contribution is 2.72. The molecule has 5 heterocycles. The molecule has 1 aliphatic heterocycles. The maximum atomic E-state index is 13.6. The van der Waals surface area contributed by atoms with E-state index in [1.54, 1.807) is 55.7 Å². The summed E-state index contributed by atoms with van der Waals surface area (Å²) >= 11 is 1.39. The van der Waals surface area contributed by atoms with Crippen molar-refractivity contribution in [1.29, 1.82) is 0 Å². The summed E-state index contributed by atoms with van der Waals surface area (Å²) in [6.45, 7) is 7.91. The minimum absolute atomic E-state index is 0.0255. The number of anilines is 2. The standard InChI is InChI=1S/C60H61N10O10S/c1-36-42(40-15-16-43(64-52(40)54(76)77)45-26-38-10-8-12-41(51(38)65-45)53(75)67-55-66-44-13-5-6-14-46(44)81-55)27-62-70(36)35-59-30-57(2)29-58(3,31-59)33-60(32-57,34-59)80-24-23-68(4)56(78)79-28-37-9-7-11-39(25-37)63-48(72)19-21-61-47(71)20-22-69-49(73)17-18-50(69)74/h5-10,12-18,25-27,65H,19-24,28-35H2,1-4H3,(H,61,71)(H,63,72)(H,76,77)(H,66,67,75). The van der Waals surface area contributed by atoms with E-state index >= 15 is 0 Å². The van der Waals surface area contributed by atoms with Crippen LogP contribution in [0.15, 0.2) is 97.2 Å². The van der Waals surface area contributed by atoms with Crippen LogP contribution in [-0.2, 0) is 41.8 Å². The first-order chi connectivity index (χ1) is 38.8. The lowest BCUT2D eigenvalue weighted by molar-refractivity contribution is -0.248. The van der Waals surface area contributed by atoms with Crippen LogP contribution in [0.1, 0.15) is 97.3 Å². The SMILES string of the molecule is Cc1c(-c2ccc(-c3cc4cccc(C(=O)Nc5nc6ccccc6s5)c4[nH]3)nc2C(=O)O)cnn1CC12CC3(C)CC(C)(C1)CC(OCCN(C)C(=O)OCc1cc[c]c(NC(=O)CCNC(=O)CCN4C(=O)C=CC4=O)c1)(C3)C2. The quantitative estimate of drug-likeness (QED) is 0.0447. The van der Waals surface area contributed by atoms with E-state index in [-0.39, 0.29) is 66.3 Å². The predicted octanol–water partition coefficient (Wildman–Crippen LogP) is 8.93. The summed E-state index contributed by atoms with van der Waals surface area (Å²) in [6.07, 6.45) is 9.14. The highest BCUT2D eigenvalue weighted by atomic mass is 32.1. The number of aromatic carboxylic acids is 1. The first-order valence-corrected chi connectivity index (χ1v) is 27.8. The van der Waals surface area contributed by atoms with Crippen molar-refractivity contribution >= 4 is 84.9 Å². The molecular formula is C60H61N10O10S. The third kappa shape index (κ3) is 11.5. The van der Waals surface area contributed by atoms with E-state index in [1.807, 2.05) is 48.0 Å². The lowest BCUT2D eigenvalue weighted by Gasteiger charge is -2.69. The van der Waals surface area contributed by atoms with Gasteiger partial charge in [-0.25, -0.2) is 19.6 Å². The van der Waals surface area contributed by atoms with Crippen LogP contribution >= 0.6 is 11.3 Å². The number of carbonyl (C=O) groups excluding carboxylic acids is 6. The largest absolute Gasteiger partial charge is 0.476 e. The van der Waals surface area contributed by atoms with Gasteiger partial charge in [-0.15, -0.1) is 0 Å². The van der Waals surface area contributed by atoms with Crippen LogP contribution in [-0.4, -0.2) is 120 Å². The molecule has 2 unspecified atom stereocenters. The average Bonchev–Trinajstić information content (AvgIpc) is 3.23. The number of hydrogen-bond donors (Lipinski definition) is 5. The Morgan fingerprint density at radius 1 is 0.864 bits per heavy atom. The number of benzene rings is 3. The number of nitrogens with one attached hydrogen (secondary N) is 4. The maximum absolute atomic E-state index is 13.6. The predicted molar refractivity (Wildman–Crippen MR) is 302 cm³/mol. The smallest absolute Gasteiger partial charge is 0.409 e. The van der Waals surface area contributed by atoms with Crippen LogP contribution in [0, 0.1) is 29.2 Å². The van der Waals surface area contributed by atoms with Crippen molar-refractivity contribution in [3.05, 3.63) is 126 Å². The minimum Gasteiger partial charge on any atom is -0.476 e. The topological polar surface area (TPSA) is 260 Å². The third-order valence-corrected chi connectivity index (χ3v) is 17.1. The Morgan fingerprint density at radius 3 is 2.41 bits per heavy atom. The molecule has 4 bridgehead atoms. The van der Waals surface area contributed by atoms with Gasteiger partial charge in [0.05, 0.1) is 51.1 Å². The van der Waals surface area contributed by atoms with Crippen LogP contribution in [0.25, 0.3) is 43.6 Å². The van der Waals surface area contributed by atoms with Crippen molar-refractivity contribution < 1.29 is 48.1 Å². The average molecular weight is 1110 g/mol. The Bertz CT molecular complexity index is 3660. The van der Waals surface area contributed by atoms with E-state index in [0.717, 1.165) is 76.9 Å². The van der Waals surface area contributed by atoms with Gasteiger partial charge in [-0.2, -0.15) is 5.10 Å². The van der Waals surface area contributed by atoms with Crippen LogP contribution in [0.3, 0.4) is 0 Å². The number of ether oxygens (including phenoxy) is 2.